The van der Waals surface area contributed by atoms with Crippen LogP contribution in [-0.2, 0) is 23.4 Å². The van der Waals surface area contributed by atoms with Crippen LogP contribution in [0.15, 0.2) is 66.0 Å². The molecule has 200 valence electrons. The van der Waals surface area contributed by atoms with Crippen LogP contribution in [0.25, 0.3) is 10.2 Å². The van der Waals surface area contributed by atoms with Gasteiger partial charge in [0, 0.05) is 12.6 Å². The molecular weight excluding hydrogens is 510 g/mol. The molecule has 1 aliphatic carbocycles. The SMILES string of the molecule is O=C1c2cc3sccc3n2C[C@@](C(=O)NC2CCCCCC2)(c2ccccc2)N1Cc1ccc2c(c1)OCO2. The highest BCUT2D eigenvalue weighted by Crippen LogP contribution is 2.42. The molecule has 1 N–H and O–H groups in total. The molecule has 0 saturated heterocycles. The van der Waals surface area contributed by atoms with Crippen LogP contribution in [-0.4, -0.2) is 34.1 Å². The summed E-state index contributed by atoms with van der Waals surface area (Å²) in [5.74, 6) is 1.09. The Bertz CT molecular complexity index is 1540. The van der Waals surface area contributed by atoms with E-state index < -0.39 is 5.54 Å². The third kappa shape index (κ3) is 4.09. The van der Waals surface area contributed by atoms with E-state index in [1.807, 2.05) is 70.6 Å². The Labute approximate surface area is 231 Å². The molecule has 2 aromatic carbocycles. The van der Waals surface area contributed by atoms with Crippen molar-refractivity contribution in [3.8, 4) is 11.5 Å². The molecule has 7 rings (SSSR count). The van der Waals surface area contributed by atoms with E-state index in [9.17, 15) is 9.59 Å². The lowest BCUT2D eigenvalue weighted by Gasteiger charge is -2.47. The molecule has 2 aliphatic heterocycles. The van der Waals surface area contributed by atoms with Crippen molar-refractivity contribution in [2.45, 2.75) is 63.2 Å². The van der Waals surface area contributed by atoms with E-state index in [0.29, 0.717) is 23.7 Å². The lowest BCUT2D eigenvalue weighted by molar-refractivity contribution is -0.136. The zero-order valence-electron chi connectivity index (χ0n) is 21.7. The molecule has 0 bridgehead atoms. The summed E-state index contributed by atoms with van der Waals surface area (Å²) in [5.41, 5.74) is 2.09. The summed E-state index contributed by atoms with van der Waals surface area (Å²) in [6.07, 6.45) is 6.56. The Morgan fingerprint density at radius 1 is 0.974 bits per heavy atom. The van der Waals surface area contributed by atoms with E-state index in [0.717, 1.165) is 47.0 Å². The Morgan fingerprint density at radius 2 is 1.77 bits per heavy atom. The highest BCUT2D eigenvalue weighted by molar-refractivity contribution is 7.17. The molecule has 1 saturated carbocycles. The number of nitrogens with one attached hydrogen (secondary N) is 1. The molecule has 39 heavy (non-hydrogen) atoms. The molecular formula is C31H31N3O4S. The van der Waals surface area contributed by atoms with E-state index in [1.165, 1.54) is 12.8 Å². The second-order valence-corrected chi connectivity index (χ2v) is 11.7. The number of thiophene rings is 1. The van der Waals surface area contributed by atoms with Crippen LogP contribution in [0.4, 0.5) is 0 Å². The average Bonchev–Trinajstić information content (AvgIpc) is 3.64. The molecule has 1 fully saturated rings. The number of ether oxygens (including phenoxy) is 2. The number of carbonyl (C=O) groups excluding carboxylic acids is 2. The van der Waals surface area contributed by atoms with Gasteiger partial charge in [-0.25, -0.2) is 0 Å². The third-order valence-electron chi connectivity index (χ3n) is 8.43. The largest absolute Gasteiger partial charge is 0.454 e. The molecule has 3 aliphatic rings. The van der Waals surface area contributed by atoms with Crippen molar-refractivity contribution < 1.29 is 19.1 Å². The second kappa shape index (κ2) is 9.75. The summed E-state index contributed by atoms with van der Waals surface area (Å²) in [7, 11) is 0. The predicted octanol–water partition coefficient (Wildman–Crippen LogP) is 5.82. The minimum Gasteiger partial charge on any atom is -0.454 e. The fourth-order valence-electron chi connectivity index (χ4n) is 6.39. The lowest BCUT2D eigenvalue weighted by atomic mass is 9.83. The van der Waals surface area contributed by atoms with Gasteiger partial charge in [-0.05, 0) is 53.6 Å². The van der Waals surface area contributed by atoms with Crippen LogP contribution >= 0.6 is 11.3 Å². The summed E-state index contributed by atoms with van der Waals surface area (Å²) in [4.78, 5) is 30.9. The Hall–Kier alpha value is -3.78. The van der Waals surface area contributed by atoms with Gasteiger partial charge < -0.3 is 24.3 Å². The van der Waals surface area contributed by atoms with E-state index >= 15 is 0 Å². The number of carbonyl (C=O) groups is 2. The van der Waals surface area contributed by atoms with Crippen molar-refractivity contribution in [3.05, 3.63) is 82.9 Å². The minimum atomic E-state index is -1.22. The quantitative estimate of drug-likeness (QED) is 0.323. The first-order valence-corrected chi connectivity index (χ1v) is 14.7. The summed E-state index contributed by atoms with van der Waals surface area (Å²) >= 11 is 1.61. The van der Waals surface area contributed by atoms with Crippen molar-refractivity contribution in [2.24, 2.45) is 0 Å². The number of amides is 2. The number of hydrogen-bond acceptors (Lipinski definition) is 5. The average molecular weight is 542 g/mol. The van der Waals surface area contributed by atoms with Crippen LogP contribution in [0, 0.1) is 0 Å². The maximum Gasteiger partial charge on any atom is 0.272 e. The lowest BCUT2D eigenvalue weighted by Crippen LogP contribution is -2.63. The van der Waals surface area contributed by atoms with E-state index in [2.05, 4.69) is 5.32 Å². The first-order valence-electron chi connectivity index (χ1n) is 13.8. The smallest absolute Gasteiger partial charge is 0.272 e. The first kappa shape index (κ1) is 24.3. The van der Waals surface area contributed by atoms with Gasteiger partial charge in [-0.2, -0.15) is 0 Å². The standard InChI is InChI=1S/C31H31N3O4S/c35-29-25-17-28-24(14-15-39-28)33(25)19-31(22-8-4-3-5-9-22,30(36)32-23-10-6-1-2-7-11-23)34(29)18-21-12-13-26-27(16-21)38-20-37-26/h3-5,8-9,12-17,23H,1-2,6-7,10-11,18-20H2,(H,32,36)/t31-/m0/s1. The monoisotopic (exact) mass is 541 g/mol. The molecule has 0 unspecified atom stereocenters. The zero-order chi connectivity index (χ0) is 26.4. The number of rotatable bonds is 5. The van der Waals surface area contributed by atoms with E-state index in [-0.39, 0.29) is 31.2 Å². The molecule has 8 heteroatoms. The topological polar surface area (TPSA) is 72.8 Å². The maximum absolute atomic E-state index is 14.7. The van der Waals surface area contributed by atoms with Gasteiger partial charge in [-0.15, -0.1) is 11.3 Å². The molecule has 4 heterocycles. The van der Waals surface area contributed by atoms with Gasteiger partial charge in [-0.3, -0.25) is 9.59 Å². The maximum atomic E-state index is 14.7. The van der Waals surface area contributed by atoms with Gasteiger partial charge in [0.15, 0.2) is 17.0 Å². The predicted molar refractivity (Wildman–Crippen MR) is 150 cm³/mol. The molecule has 0 radical (unpaired) electrons. The van der Waals surface area contributed by atoms with Gasteiger partial charge in [0.2, 0.25) is 6.79 Å². The Balaban J connectivity index is 1.37. The molecule has 1 atom stereocenters. The van der Waals surface area contributed by atoms with Crippen LogP contribution in [0.1, 0.15) is 60.1 Å². The normalized spacial score (nSPS) is 21.1. The number of nitrogens with zero attached hydrogens (tertiary/aromatic N) is 2. The summed E-state index contributed by atoms with van der Waals surface area (Å²) < 4.78 is 14.2. The van der Waals surface area contributed by atoms with Crippen molar-refractivity contribution in [1.29, 1.82) is 0 Å². The Morgan fingerprint density at radius 3 is 2.59 bits per heavy atom. The van der Waals surface area contributed by atoms with Gasteiger partial charge in [0.1, 0.15) is 5.69 Å². The van der Waals surface area contributed by atoms with E-state index in [4.69, 9.17) is 9.47 Å². The van der Waals surface area contributed by atoms with Gasteiger partial charge in [0.05, 0.1) is 16.8 Å². The molecule has 4 aromatic rings. The van der Waals surface area contributed by atoms with Crippen LogP contribution in [0.2, 0.25) is 0 Å². The number of fused-ring (bicyclic) bond motifs is 4. The van der Waals surface area contributed by atoms with Crippen molar-refractivity contribution >= 4 is 33.4 Å². The van der Waals surface area contributed by atoms with Gasteiger partial charge in [0.25, 0.3) is 11.8 Å². The molecule has 7 nitrogen and oxygen atoms in total. The van der Waals surface area contributed by atoms with E-state index in [1.54, 1.807) is 16.2 Å². The number of benzene rings is 2. The second-order valence-electron chi connectivity index (χ2n) is 10.8. The van der Waals surface area contributed by atoms with Crippen LogP contribution in [0.3, 0.4) is 0 Å². The highest BCUT2D eigenvalue weighted by Gasteiger charge is 2.53. The minimum absolute atomic E-state index is 0.107. The summed E-state index contributed by atoms with van der Waals surface area (Å²) in [6, 6.07) is 19.7. The fourth-order valence-corrected chi connectivity index (χ4v) is 7.22. The van der Waals surface area contributed by atoms with Crippen molar-refractivity contribution in [2.75, 3.05) is 6.79 Å². The number of hydrogen-bond donors (Lipinski definition) is 1. The van der Waals surface area contributed by atoms with Crippen molar-refractivity contribution in [1.82, 2.24) is 14.8 Å². The highest BCUT2D eigenvalue weighted by atomic mass is 32.1. The first-order chi connectivity index (χ1) is 19.1. The van der Waals surface area contributed by atoms with Crippen molar-refractivity contribution in [3.63, 3.8) is 0 Å². The van der Waals surface area contributed by atoms with Crippen LogP contribution < -0.4 is 14.8 Å². The van der Waals surface area contributed by atoms with Gasteiger partial charge in [-0.1, -0.05) is 62.1 Å². The fraction of sp³-hybridized carbons (Fsp3) is 0.355. The summed E-state index contributed by atoms with van der Waals surface area (Å²) in [5, 5.41) is 5.46. The number of aromatic nitrogens is 1. The Kier molecular flexibility index (Phi) is 6.07. The van der Waals surface area contributed by atoms with Crippen LogP contribution in [0.5, 0.6) is 11.5 Å². The molecule has 2 aromatic heterocycles. The van der Waals surface area contributed by atoms with Gasteiger partial charge >= 0.3 is 0 Å². The molecule has 2 amide bonds. The zero-order valence-corrected chi connectivity index (χ0v) is 22.5. The molecule has 0 spiro atoms. The third-order valence-corrected chi connectivity index (χ3v) is 9.28. The summed E-state index contributed by atoms with van der Waals surface area (Å²) in [6.45, 7) is 0.798.